The predicted molar refractivity (Wildman–Crippen MR) is 109 cm³/mol. The van der Waals surface area contributed by atoms with Crippen LogP contribution in [0.15, 0.2) is 60.7 Å². The van der Waals surface area contributed by atoms with Gasteiger partial charge in [-0.3, -0.25) is 0 Å². The molecule has 0 aromatic heterocycles. The van der Waals surface area contributed by atoms with E-state index in [4.69, 9.17) is 0 Å². The van der Waals surface area contributed by atoms with Crippen molar-refractivity contribution in [2.45, 2.75) is 12.8 Å². The molecule has 0 fully saturated rings. The van der Waals surface area contributed by atoms with Gasteiger partial charge in [0.15, 0.2) is 0 Å². The zero-order valence-corrected chi connectivity index (χ0v) is 14.5. The van der Waals surface area contributed by atoms with Crippen LogP contribution in [0, 0.1) is 0 Å². The first-order valence-electron chi connectivity index (χ1n) is 9.14. The minimum atomic E-state index is 0.141. The normalized spacial score (nSPS) is 12.1. The Labute approximate surface area is 151 Å². The number of benzene rings is 5. The van der Waals surface area contributed by atoms with Gasteiger partial charge in [-0.25, -0.2) is 0 Å². The average molecular weight is 340 g/mol. The first-order valence-corrected chi connectivity index (χ1v) is 9.14. The predicted octanol–water partition coefficient (Wildman–Crippen LogP) is 4.81. The van der Waals surface area contributed by atoms with Crippen LogP contribution in [0.1, 0.15) is 11.1 Å². The SMILES string of the molecule is OCCc1cc2cccc3c4cccc5ccc(CCO)c(c(c1)c23)c54. The zero-order valence-electron chi connectivity index (χ0n) is 14.5. The number of aliphatic hydroxyl groups excluding tert-OH is 2. The lowest BCUT2D eigenvalue weighted by molar-refractivity contribution is 0.299. The second-order valence-electron chi connectivity index (χ2n) is 7.00. The first kappa shape index (κ1) is 15.6. The van der Waals surface area contributed by atoms with Crippen LogP contribution in [0.5, 0.6) is 0 Å². The highest BCUT2D eigenvalue weighted by atomic mass is 16.3. The molecule has 2 heteroatoms. The van der Waals surface area contributed by atoms with Crippen LogP contribution in [0.4, 0.5) is 0 Å². The summed E-state index contributed by atoms with van der Waals surface area (Å²) in [5.41, 5.74) is 2.34. The fourth-order valence-electron chi connectivity index (χ4n) is 4.47. The average Bonchev–Trinajstić information content (AvgIpc) is 2.66. The summed E-state index contributed by atoms with van der Waals surface area (Å²) in [4.78, 5) is 0. The van der Waals surface area contributed by atoms with Crippen molar-refractivity contribution in [3.05, 3.63) is 71.8 Å². The van der Waals surface area contributed by atoms with Gasteiger partial charge in [0.2, 0.25) is 0 Å². The molecule has 5 rings (SSSR count). The van der Waals surface area contributed by atoms with E-state index in [9.17, 15) is 10.2 Å². The van der Waals surface area contributed by atoms with Gasteiger partial charge in [0.25, 0.3) is 0 Å². The Morgan fingerprint density at radius 1 is 0.577 bits per heavy atom. The van der Waals surface area contributed by atoms with Gasteiger partial charge >= 0.3 is 0 Å². The van der Waals surface area contributed by atoms with E-state index < -0.39 is 0 Å². The van der Waals surface area contributed by atoms with Crippen LogP contribution in [0.3, 0.4) is 0 Å². The molecular weight excluding hydrogens is 320 g/mol. The largest absolute Gasteiger partial charge is 0.396 e. The Kier molecular flexibility index (Phi) is 3.56. The first-order chi connectivity index (χ1) is 12.8. The van der Waals surface area contributed by atoms with Gasteiger partial charge in [-0.15, -0.1) is 0 Å². The zero-order chi connectivity index (χ0) is 17.7. The molecule has 0 radical (unpaired) electrons. The van der Waals surface area contributed by atoms with Gasteiger partial charge < -0.3 is 10.2 Å². The summed E-state index contributed by atoms with van der Waals surface area (Å²) in [6.45, 7) is 0.288. The van der Waals surface area contributed by atoms with E-state index in [2.05, 4.69) is 60.7 Å². The maximum Gasteiger partial charge on any atom is 0.0471 e. The Hall–Kier alpha value is -2.68. The van der Waals surface area contributed by atoms with Gasteiger partial charge in [-0.05, 0) is 67.1 Å². The number of aliphatic hydroxyl groups is 2. The third kappa shape index (κ3) is 2.13. The highest BCUT2D eigenvalue weighted by Gasteiger charge is 2.16. The lowest BCUT2D eigenvalue weighted by atomic mass is 9.86. The van der Waals surface area contributed by atoms with Crippen LogP contribution in [0.2, 0.25) is 0 Å². The Morgan fingerprint density at radius 3 is 2.08 bits per heavy atom. The van der Waals surface area contributed by atoms with Crippen molar-refractivity contribution in [1.82, 2.24) is 0 Å². The number of hydrogen-bond donors (Lipinski definition) is 2. The van der Waals surface area contributed by atoms with Crippen molar-refractivity contribution in [1.29, 1.82) is 0 Å². The molecule has 0 atom stereocenters. The Bertz CT molecular complexity index is 1250. The summed E-state index contributed by atoms with van der Waals surface area (Å²) in [7, 11) is 0. The Morgan fingerprint density at radius 2 is 1.31 bits per heavy atom. The van der Waals surface area contributed by atoms with Crippen molar-refractivity contribution < 1.29 is 10.2 Å². The van der Waals surface area contributed by atoms with Crippen molar-refractivity contribution in [3.63, 3.8) is 0 Å². The molecule has 0 spiro atoms. The molecule has 0 heterocycles. The van der Waals surface area contributed by atoms with Crippen molar-refractivity contribution >= 4 is 43.1 Å². The number of rotatable bonds is 4. The monoisotopic (exact) mass is 340 g/mol. The van der Waals surface area contributed by atoms with E-state index in [0.717, 1.165) is 5.56 Å². The quantitative estimate of drug-likeness (QED) is 0.364. The molecule has 0 amide bonds. The fraction of sp³-hybridized carbons (Fsp3) is 0.167. The highest BCUT2D eigenvalue weighted by molar-refractivity contribution is 6.33. The van der Waals surface area contributed by atoms with Crippen molar-refractivity contribution in [2.24, 2.45) is 0 Å². The molecular formula is C24H20O2. The van der Waals surface area contributed by atoms with Crippen LogP contribution in [-0.4, -0.2) is 23.4 Å². The highest BCUT2D eigenvalue weighted by Crippen LogP contribution is 2.42. The smallest absolute Gasteiger partial charge is 0.0471 e. The minimum absolute atomic E-state index is 0.141. The van der Waals surface area contributed by atoms with E-state index in [1.54, 1.807) is 0 Å². The van der Waals surface area contributed by atoms with Gasteiger partial charge in [0, 0.05) is 13.2 Å². The van der Waals surface area contributed by atoms with Crippen molar-refractivity contribution in [2.75, 3.05) is 13.2 Å². The molecule has 2 nitrogen and oxygen atoms in total. The molecule has 0 unspecified atom stereocenters. The van der Waals surface area contributed by atoms with Gasteiger partial charge in [-0.2, -0.15) is 0 Å². The molecule has 0 saturated carbocycles. The summed E-state index contributed by atoms with van der Waals surface area (Å²) in [5, 5.41) is 29.0. The molecule has 0 saturated heterocycles. The van der Waals surface area contributed by atoms with Crippen molar-refractivity contribution in [3.8, 4) is 0 Å². The van der Waals surface area contributed by atoms with Crippen LogP contribution < -0.4 is 0 Å². The van der Waals surface area contributed by atoms with Crippen LogP contribution in [0.25, 0.3) is 43.1 Å². The molecule has 2 N–H and O–H groups in total. The van der Waals surface area contributed by atoms with E-state index in [0.29, 0.717) is 12.8 Å². The number of fused-ring (bicyclic) bond motifs is 2. The maximum atomic E-state index is 9.59. The van der Waals surface area contributed by atoms with E-state index in [-0.39, 0.29) is 13.2 Å². The standard InChI is InChI=1S/C24H20O2/c25-11-9-15-13-18-4-2-5-19-20-6-1-3-16-7-8-17(10-12-26)24(23(16)20)21(14-15)22(18)19/h1-8,13-14,25-26H,9-12H2. The molecule has 0 aliphatic carbocycles. The minimum Gasteiger partial charge on any atom is -0.396 e. The van der Waals surface area contributed by atoms with Crippen LogP contribution >= 0.6 is 0 Å². The van der Waals surface area contributed by atoms with Gasteiger partial charge in [0.1, 0.15) is 0 Å². The number of hydrogen-bond acceptors (Lipinski definition) is 2. The van der Waals surface area contributed by atoms with Gasteiger partial charge in [0.05, 0.1) is 0 Å². The summed E-state index contributed by atoms with van der Waals surface area (Å²) < 4.78 is 0. The molecule has 0 aliphatic rings. The summed E-state index contributed by atoms with van der Waals surface area (Å²) >= 11 is 0. The molecule has 5 aromatic rings. The Balaban J connectivity index is 2.10. The summed E-state index contributed by atoms with van der Waals surface area (Å²) in [6.07, 6.45) is 1.30. The van der Waals surface area contributed by atoms with Crippen LogP contribution in [-0.2, 0) is 12.8 Å². The van der Waals surface area contributed by atoms with E-state index in [1.165, 1.54) is 48.7 Å². The second kappa shape index (κ2) is 5.94. The van der Waals surface area contributed by atoms with E-state index >= 15 is 0 Å². The third-order valence-corrected chi connectivity index (χ3v) is 5.51. The maximum absolute atomic E-state index is 9.59. The van der Waals surface area contributed by atoms with Gasteiger partial charge in [-0.1, -0.05) is 60.7 Å². The molecule has 0 aliphatic heterocycles. The molecule has 26 heavy (non-hydrogen) atoms. The molecule has 128 valence electrons. The summed E-state index contributed by atoms with van der Waals surface area (Å²) in [6, 6.07) is 21.7. The topological polar surface area (TPSA) is 40.5 Å². The lowest BCUT2D eigenvalue weighted by Crippen LogP contribution is -1.97. The van der Waals surface area contributed by atoms with E-state index in [1.807, 2.05) is 0 Å². The second-order valence-corrected chi connectivity index (χ2v) is 7.00. The molecule has 0 bridgehead atoms. The third-order valence-electron chi connectivity index (χ3n) is 5.51. The summed E-state index contributed by atoms with van der Waals surface area (Å²) in [5.74, 6) is 0. The molecule has 5 aromatic carbocycles. The lowest BCUT2D eigenvalue weighted by Gasteiger charge is -2.18. The fourth-order valence-corrected chi connectivity index (χ4v) is 4.47.